The highest BCUT2D eigenvalue weighted by Crippen LogP contribution is 2.31. The minimum Gasteiger partial charge on any atom is -0.459 e. The molecule has 28 heavy (non-hydrogen) atoms. The van der Waals surface area contributed by atoms with Gasteiger partial charge in [-0.25, -0.2) is 0 Å². The Morgan fingerprint density at radius 1 is 1.18 bits per heavy atom. The first-order valence-corrected chi connectivity index (χ1v) is 9.15. The number of aliphatic hydroxyl groups excluding tert-OH is 1. The van der Waals surface area contributed by atoms with E-state index >= 15 is 0 Å². The third-order valence-electron chi connectivity index (χ3n) is 4.50. The molecule has 1 aliphatic heterocycles. The van der Waals surface area contributed by atoms with Crippen LogP contribution in [0.1, 0.15) is 29.0 Å². The molecule has 5 nitrogen and oxygen atoms in total. The minimum absolute atomic E-state index is 0.00306. The maximum atomic E-state index is 12.3. The van der Waals surface area contributed by atoms with E-state index in [4.69, 9.17) is 21.0 Å². The third kappa shape index (κ3) is 5.23. The quantitative estimate of drug-likeness (QED) is 0.728. The van der Waals surface area contributed by atoms with Crippen LogP contribution in [0.15, 0.2) is 66.4 Å². The Balaban J connectivity index is 1.71. The standard InChI is InChI=1S/C23H23NO4/c1-2-12-24-23(26)21-13-20(19-6-4-3-5-7-19)14-22(28-21)27-16-18-10-8-17(15-25)9-11-18/h1,3-11,13,20,22,25H,12,14-16H2,(H,24,26)/t20-,22+/m1/s1. The highest BCUT2D eigenvalue weighted by Gasteiger charge is 2.28. The third-order valence-corrected chi connectivity index (χ3v) is 4.50. The van der Waals surface area contributed by atoms with E-state index in [-0.39, 0.29) is 30.7 Å². The zero-order valence-corrected chi connectivity index (χ0v) is 15.5. The fourth-order valence-corrected chi connectivity index (χ4v) is 3.00. The van der Waals surface area contributed by atoms with Crippen LogP contribution in [0.3, 0.4) is 0 Å². The average molecular weight is 377 g/mol. The normalized spacial score (nSPS) is 18.5. The maximum Gasteiger partial charge on any atom is 0.286 e. The van der Waals surface area contributed by atoms with Crippen molar-refractivity contribution in [1.82, 2.24) is 5.32 Å². The Labute approximate surface area is 165 Å². The largest absolute Gasteiger partial charge is 0.459 e. The summed E-state index contributed by atoms with van der Waals surface area (Å²) >= 11 is 0. The number of hydrogen-bond acceptors (Lipinski definition) is 4. The molecule has 2 atom stereocenters. The van der Waals surface area contributed by atoms with Crippen molar-refractivity contribution >= 4 is 5.91 Å². The zero-order chi connectivity index (χ0) is 19.8. The van der Waals surface area contributed by atoms with E-state index in [1.165, 1.54) is 0 Å². The van der Waals surface area contributed by atoms with E-state index in [1.54, 1.807) is 0 Å². The number of carbonyl (C=O) groups is 1. The van der Waals surface area contributed by atoms with E-state index in [0.29, 0.717) is 13.0 Å². The molecule has 1 amide bonds. The van der Waals surface area contributed by atoms with Crippen molar-refractivity contribution in [3.63, 3.8) is 0 Å². The molecule has 0 saturated carbocycles. The van der Waals surface area contributed by atoms with Crippen LogP contribution in [0.2, 0.25) is 0 Å². The Kier molecular flexibility index (Phi) is 6.85. The van der Waals surface area contributed by atoms with Crippen molar-refractivity contribution in [2.24, 2.45) is 0 Å². The fraction of sp³-hybridized carbons (Fsp3) is 0.261. The molecule has 1 aliphatic rings. The molecule has 144 valence electrons. The van der Waals surface area contributed by atoms with Crippen LogP contribution in [0.25, 0.3) is 0 Å². The summed E-state index contributed by atoms with van der Waals surface area (Å²) in [4.78, 5) is 12.3. The predicted octanol–water partition coefficient (Wildman–Crippen LogP) is 2.86. The van der Waals surface area contributed by atoms with Gasteiger partial charge in [-0.15, -0.1) is 6.42 Å². The van der Waals surface area contributed by atoms with E-state index < -0.39 is 6.29 Å². The lowest BCUT2D eigenvalue weighted by Gasteiger charge is -2.29. The van der Waals surface area contributed by atoms with Crippen LogP contribution in [-0.2, 0) is 27.5 Å². The van der Waals surface area contributed by atoms with Gasteiger partial charge in [0.15, 0.2) is 5.76 Å². The molecule has 2 N–H and O–H groups in total. The summed E-state index contributed by atoms with van der Waals surface area (Å²) in [5.41, 5.74) is 2.90. The number of ether oxygens (including phenoxy) is 2. The molecule has 0 aromatic heterocycles. The molecule has 2 aromatic carbocycles. The van der Waals surface area contributed by atoms with Crippen molar-refractivity contribution in [2.45, 2.75) is 31.8 Å². The van der Waals surface area contributed by atoms with Gasteiger partial charge >= 0.3 is 0 Å². The second-order valence-corrected chi connectivity index (χ2v) is 6.50. The van der Waals surface area contributed by atoms with Crippen LogP contribution in [0, 0.1) is 12.3 Å². The molecule has 0 radical (unpaired) electrons. The van der Waals surface area contributed by atoms with Gasteiger partial charge in [0, 0.05) is 12.3 Å². The molecule has 0 bridgehead atoms. The van der Waals surface area contributed by atoms with Crippen molar-refractivity contribution in [3.05, 3.63) is 83.1 Å². The van der Waals surface area contributed by atoms with Crippen LogP contribution in [0.5, 0.6) is 0 Å². The number of nitrogens with one attached hydrogen (secondary N) is 1. The number of allylic oxidation sites excluding steroid dienone is 1. The molecular weight excluding hydrogens is 354 g/mol. The van der Waals surface area contributed by atoms with Gasteiger partial charge in [0.2, 0.25) is 6.29 Å². The molecule has 0 unspecified atom stereocenters. The summed E-state index contributed by atoms with van der Waals surface area (Å²) in [7, 11) is 0. The topological polar surface area (TPSA) is 67.8 Å². The van der Waals surface area contributed by atoms with Gasteiger partial charge in [0.05, 0.1) is 19.8 Å². The molecule has 2 aromatic rings. The second kappa shape index (κ2) is 9.75. The SMILES string of the molecule is C#CCNC(=O)C1=C[C@@H](c2ccccc2)C[C@@H](OCc2ccc(CO)cc2)O1. The van der Waals surface area contributed by atoms with Crippen LogP contribution in [0.4, 0.5) is 0 Å². The van der Waals surface area contributed by atoms with Gasteiger partial charge in [-0.1, -0.05) is 60.5 Å². The monoisotopic (exact) mass is 377 g/mol. The van der Waals surface area contributed by atoms with Gasteiger partial charge < -0.3 is 19.9 Å². The van der Waals surface area contributed by atoms with Crippen LogP contribution in [-0.4, -0.2) is 23.8 Å². The van der Waals surface area contributed by atoms with Gasteiger partial charge in [0.25, 0.3) is 5.91 Å². The number of aliphatic hydroxyl groups is 1. The molecule has 5 heteroatoms. The lowest BCUT2D eigenvalue weighted by molar-refractivity contribution is -0.150. The van der Waals surface area contributed by atoms with Crippen molar-refractivity contribution < 1.29 is 19.4 Å². The molecule has 0 aliphatic carbocycles. The molecule has 0 fully saturated rings. The molecule has 3 rings (SSSR count). The zero-order valence-electron chi connectivity index (χ0n) is 15.5. The molecular formula is C23H23NO4. The molecule has 0 spiro atoms. The smallest absolute Gasteiger partial charge is 0.286 e. The first kappa shape index (κ1) is 19.7. The Morgan fingerprint density at radius 2 is 1.89 bits per heavy atom. The van der Waals surface area contributed by atoms with Crippen LogP contribution >= 0.6 is 0 Å². The number of carbonyl (C=O) groups excluding carboxylic acids is 1. The number of benzene rings is 2. The van der Waals surface area contributed by atoms with Crippen molar-refractivity contribution in [2.75, 3.05) is 6.54 Å². The minimum atomic E-state index is -0.556. The number of amides is 1. The van der Waals surface area contributed by atoms with E-state index in [1.807, 2.05) is 60.7 Å². The van der Waals surface area contributed by atoms with Crippen molar-refractivity contribution in [3.8, 4) is 12.3 Å². The maximum absolute atomic E-state index is 12.3. The van der Waals surface area contributed by atoms with Crippen LogP contribution < -0.4 is 5.32 Å². The Morgan fingerprint density at radius 3 is 2.57 bits per heavy atom. The van der Waals surface area contributed by atoms with E-state index in [2.05, 4.69) is 11.2 Å². The average Bonchev–Trinajstić information content (AvgIpc) is 2.76. The Hall–Kier alpha value is -3.07. The highest BCUT2D eigenvalue weighted by atomic mass is 16.7. The summed E-state index contributed by atoms with van der Waals surface area (Å²) in [6.07, 6.45) is 7.08. The lowest BCUT2D eigenvalue weighted by Crippen LogP contribution is -2.33. The van der Waals surface area contributed by atoms with Gasteiger partial charge in [-0.3, -0.25) is 4.79 Å². The number of hydrogen-bond donors (Lipinski definition) is 2. The van der Waals surface area contributed by atoms with E-state index in [0.717, 1.165) is 16.7 Å². The fourth-order valence-electron chi connectivity index (χ4n) is 3.00. The summed E-state index contributed by atoms with van der Waals surface area (Å²) < 4.78 is 11.7. The summed E-state index contributed by atoms with van der Waals surface area (Å²) in [5, 5.41) is 11.8. The first-order chi connectivity index (χ1) is 13.7. The predicted molar refractivity (Wildman–Crippen MR) is 106 cm³/mol. The van der Waals surface area contributed by atoms with Crippen molar-refractivity contribution in [1.29, 1.82) is 0 Å². The second-order valence-electron chi connectivity index (χ2n) is 6.50. The Bertz CT molecular complexity index is 852. The summed E-state index contributed by atoms with van der Waals surface area (Å²) in [6, 6.07) is 17.4. The summed E-state index contributed by atoms with van der Waals surface area (Å²) in [6.45, 7) is 0.488. The number of rotatable bonds is 7. The lowest BCUT2D eigenvalue weighted by atomic mass is 9.93. The van der Waals surface area contributed by atoms with E-state index in [9.17, 15) is 4.79 Å². The first-order valence-electron chi connectivity index (χ1n) is 9.15. The van der Waals surface area contributed by atoms with Gasteiger partial charge in [0.1, 0.15) is 0 Å². The summed E-state index contributed by atoms with van der Waals surface area (Å²) in [5.74, 6) is 2.26. The molecule has 1 heterocycles. The van der Waals surface area contributed by atoms with Gasteiger partial charge in [-0.2, -0.15) is 0 Å². The van der Waals surface area contributed by atoms with Gasteiger partial charge in [-0.05, 0) is 22.8 Å². The number of terminal acetylenes is 1. The highest BCUT2D eigenvalue weighted by molar-refractivity contribution is 5.91. The molecule has 0 saturated heterocycles.